The Hall–Kier alpha value is -0.870. The van der Waals surface area contributed by atoms with Crippen LogP contribution in [-0.4, -0.2) is 23.2 Å². The number of rotatable bonds is 2. The van der Waals surface area contributed by atoms with Gasteiger partial charge in [0.25, 0.3) is 5.91 Å². The van der Waals surface area contributed by atoms with Crippen LogP contribution in [0.4, 0.5) is 0 Å². The van der Waals surface area contributed by atoms with Crippen molar-refractivity contribution in [2.24, 2.45) is 0 Å². The topological polar surface area (TPSA) is 49.3 Å². The lowest BCUT2D eigenvalue weighted by molar-refractivity contribution is 0.0871. The molecule has 0 unspecified atom stereocenters. The first-order valence-corrected chi connectivity index (χ1v) is 8.14. The first kappa shape index (κ1) is 13.1. The molecule has 1 amide bonds. The number of amides is 1. The summed E-state index contributed by atoms with van der Waals surface area (Å²) >= 11 is 1.67. The van der Waals surface area contributed by atoms with E-state index >= 15 is 0 Å². The molecule has 0 aromatic carbocycles. The summed E-state index contributed by atoms with van der Waals surface area (Å²) in [6.45, 7) is 0. The molecule has 0 spiro atoms. The van der Waals surface area contributed by atoms with Crippen LogP contribution in [-0.2, 0) is 12.8 Å². The zero-order valence-corrected chi connectivity index (χ0v) is 12.0. The van der Waals surface area contributed by atoms with Gasteiger partial charge in [0.15, 0.2) is 0 Å². The van der Waals surface area contributed by atoms with Crippen molar-refractivity contribution in [1.82, 2.24) is 5.32 Å². The first-order chi connectivity index (χ1) is 9.22. The third kappa shape index (κ3) is 3.00. The largest absolute Gasteiger partial charge is 0.393 e. The minimum atomic E-state index is -0.165. The van der Waals surface area contributed by atoms with Crippen LogP contribution in [0.2, 0.25) is 0 Å². The maximum absolute atomic E-state index is 12.2. The number of aliphatic hydroxyl groups is 1. The number of aryl methyl sites for hydroxylation is 2. The molecule has 2 aliphatic rings. The van der Waals surface area contributed by atoms with Crippen molar-refractivity contribution in [2.75, 3.05) is 0 Å². The predicted octanol–water partition coefficient (Wildman–Crippen LogP) is 2.66. The Morgan fingerprint density at radius 3 is 2.68 bits per heavy atom. The van der Waals surface area contributed by atoms with Crippen LogP contribution in [0.5, 0.6) is 0 Å². The number of nitrogens with one attached hydrogen (secondary N) is 1. The van der Waals surface area contributed by atoms with Gasteiger partial charge >= 0.3 is 0 Å². The number of aliphatic hydroxyl groups excluding tert-OH is 1. The Labute approximate surface area is 118 Å². The number of carbonyl (C=O) groups is 1. The summed E-state index contributed by atoms with van der Waals surface area (Å²) in [6.07, 6.45) is 8.05. The highest BCUT2D eigenvalue weighted by Crippen LogP contribution is 2.30. The molecule has 1 aromatic rings. The number of carbonyl (C=O) groups excluding carboxylic acids is 1. The van der Waals surface area contributed by atoms with Crippen molar-refractivity contribution < 1.29 is 9.90 Å². The second-order valence-electron chi connectivity index (χ2n) is 5.75. The number of thiophene rings is 1. The molecule has 1 aromatic heterocycles. The molecule has 0 radical (unpaired) electrons. The van der Waals surface area contributed by atoms with E-state index in [2.05, 4.69) is 11.4 Å². The van der Waals surface area contributed by atoms with Gasteiger partial charge in [-0.25, -0.2) is 0 Å². The zero-order valence-electron chi connectivity index (χ0n) is 11.2. The summed E-state index contributed by atoms with van der Waals surface area (Å²) in [4.78, 5) is 14.5. The molecular weight excluding hydrogens is 258 g/mol. The van der Waals surface area contributed by atoms with Gasteiger partial charge < -0.3 is 10.4 Å². The molecular formula is C15H21NO2S. The van der Waals surface area contributed by atoms with E-state index in [-0.39, 0.29) is 18.1 Å². The molecule has 0 bridgehead atoms. The molecule has 4 heteroatoms. The van der Waals surface area contributed by atoms with Crippen LogP contribution in [0.1, 0.15) is 58.6 Å². The summed E-state index contributed by atoms with van der Waals surface area (Å²) in [5.74, 6) is 0.0841. The average Bonchev–Trinajstić information content (AvgIpc) is 2.85. The highest BCUT2D eigenvalue weighted by atomic mass is 32.1. The lowest BCUT2D eigenvalue weighted by Crippen LogP contribution is -2.38. The lowest BCUT2D eigenvalue weighted by Gasteiger charge is -2.25. The predicted molar refractivity (Wildman–Crippen MR) is 76.7 cm³/mol. The van der Waals surface area contributed by atoms with Gasteiger partial charge in [-0.05, 0) is 63.0 Å². The lowest BCUT2D eigenvalue weighted by atomic mass is 9.93. The Morgan fingerprint density at radius 2 is 1.95 bits per heavy atom. The summed E-state index contributed by atoms with van der Waals surface area (Å²) < 4.78 is 0. The van der Waals surface area contributed by atoms with Crippen LogP contribution < -0.4 is 5.32 Å². The highest BCUT2D eigenvalue weighted by Gasteiger charge is 2.23. The molecule has 3 rings (SSSR count). The van der Waals surface area contributed by atoms with Crippen molar-refractivity contribution in [3.05, 3.63) is 21.4 Å². The van der Waals surface area contributed by atoms with Crippen molar-refractivity contribution in [3.63, 3.8) is 0 Å². The first-order valence-electron chi connectivity index (χ1n) is 7.33. The number of hydrogen-bond donors (Lipinski definition) is 2. The van der Waals surface area contributed by atoms with Gasteiger partial charge in [-0.15, -0.1) is 11.3 Å². The monoisotopic (exact) mass is 279 g/mol. The summed E-state index contributed by atoms with van der Waals surface area (Å²) in [5, 5.41) is 12.6. The van der Waals surface area contributed by atoms with Crippen molar-refractivity contribution >= 4 is 17.2 Å². The van der Waals surface area contributed by atoms with E-state index in [0.29, 0.717) is 0 Å². The van der Waals surface area contributed by atoms with Gasteiger partial charge in [-0.2, -0.15) is 0 Å². The van der Waals surface area contributed by atoms with E-state index in [9.17, 15) is 9.90 Å². The van der Waals surface area contributed by atoms with Gasteiger partial charge in [-0.1, -0.05) is 0 Å². The van der Waals surface area contributed by atoms with Crippen molar-refractivity contribution in [1.29, 1.82) is 0 Å². The molecule has 2 N–H and O–H groups in total. The molecule has 104 valence electrons. The highest BCUT2D eigenvalue weighted by molar-refractivity contribution is 7.14. The average molecular weight is 279 g/mol. The van der Waals surface area contributed by atoms with Gasteiger partial charge in [0.1, 0.15) is 0 Å². The smallest absolute Gasteiger partial charge is 0.261 e. The summed E-state index contributed by atoms with van der Waals surface area (Å²) in [5.41, 5.74) is 1.39. The SMILES string of the molecule is O=C(NC1CCC(O)CC1)c1cc2c(s1)CCCC2. The molecule has 1 saturated carbocycles. The molecule has 1 heterocycles. The van der Waals surface area contributed by atoms with E-state index < -0.39 is 0 Å². The summed E-state index contributed by atoms with van der Waals surface area (Å²) in [6, 6.07) is 2.33. The van der Waals surface area contributed by atoms with Gasteiger partial charge in [0.2, 0.25) is 0 Å². The zero-order chi connectivity index (χ0) is 13.2. The van der Waals surface area contributed by atoms with E-state index in [4.69, 9.17) is 0 Å². The minimum absolute atomic E-state index is 0.0841. The van der Waals surface area contributed by atoms with Crippen molar-refractivity contribution in [3.8, 4) is 0 Å². The molecule has 0 aliphatic heterocycles. The standard InChI is InChI=1S/C15H21NO2S/c17-12-7-5-11(6-8-12)16-15(18)14-9-10-3-1-2-4-13(10)19-14/h9,11-12,17H,1-8H2,(H,16,18). The maximum Gasteiger partial charge on any atom is 0.261 e. The fourth-order valence-corrected chi connectivity index (χ4v) is 4.24. The second kappa shape index (κ2) is 5.63. The van der Waals surface area contributed by atoms with Gasteiger partial charge in [-0.3, -0.25) is 4.79 Å². The van der Waals surface area contributed by atoms with E-state index in [1.54, 1.807) is 11.3 Å². The number of hydrogen-bond acceptors (Lipinski definition) is 3. The van der Waals surface area contributed by atoms with Crippen LogP contribution in [0.25, 0.3) is 0 Å². The Kier molecular flexibility index (Phi) is 3.89. The fraction of sp³-hybridized carbons (Fsp3) is 0.667. The third-order valence-corrected chi connectivity index (χ3v) is 5.49. The normalized spacial score (nSPS) is 26.8. The second-order valence-corrected chi connectivity index (χ2v) is 6.88. The Morgan fingerprint density at radius 1 is 1.21 bits per heavy atom. The molecule has 19 heavy (non-hydrogen) atoms. The molecule has 1 fully saturated rings. The van der Waals surface area contributed by atoms with E-state index in [1.807, 2.05) is 0 Å². The quantitative estimate of drug-likeness (QED) is 0.874. The third-order valence-electron chi connectivity index (χ3n) is 4.25. The Bertz CT molecular complexity index is 437. The molecule has 2 aliphatic carbocycles. The van der Waals surface area contributed by atoms with Crippen LogP contribution in [0.3, 0.4) is 0 Å². The maximum atomic E-state index is 12.2. The molecule has 0 atom stereocenters. The molecule has 3 nitrogen and oxygen atoms in total. The molecule has 0 saturated heterocycles. The van der Waals surface area contributed by atoms with Crippen LogP contribution in [0.15, 0.2) is 6.07 Å². The van der Waals surface area contributed by atoms with Crippen molar-refractivity contribution in [2.45, 2.75) is 63.5 Å². The van der Waals surface area contributed by atoms with Crippen LogP contribution in [0, 0.1) is 0 Å². The van der Waals surface area contributed by atoms with Gasteiger partial charge in [0, 0.05) is 10.9 Å². The van der Waals surface area contributed by atoms with Gasteiger partial charge in [0.05, 0.1) is 11.0 Å². The van der Waals surface area contributed by atoms with Crippen LogP contribution >= 0.6 is 11.3 Å². The van der Waals surface area contributed by atoms with E-state index in [0.717, 1.165) is 43.4 Å². The Balaban J connectivity index is 1.62. The van der Waals surface area contributed by atoms with E-state index in [1.165, 1.54) is 23.3 Å². The fourth-order valence-electron chi connectivity index (χ4n) is 3.08. The minimum Gasteiger partial charge on any atom is -0.393 e. The summed E-state index contributed by atoms with van der Waals surface area (Å²) in [7, 11) is 0. The number of fused-ring (bicyclic) bond motifs is 1.